The summed E-state index contributed by atoms with van der Waals surface area (Å²) in [6.45, 7) is 6.45. The molecule has 0 bridgehead atoms. The molecule has 0 aliphatic carbocycles. The van der Waals surface area contributed by atoms with E-state index in [-0.39, 0.29) is 0 Å². The molecule has 0 fully saturated rings. The summed E-state index contributed by atoms with van der Waals surface area (Å²) in [6.07, 6.45) is -0.504. The second kappa shape index (κ2) is 5.28. The van der Waals surface area contributed by atoms with Crippen molar-refractivity contribution in [2.45, 2.75) is 26.4 Å². The Morgan fingerprint density at radius 1 is 1.32 bits per heavy atom. The predicted octanol–water partition coefficient (Wildman–Crippen LogP) is 3.57. The number of amides is 1. The van der Waals surface area contributed by atoms with E-state index in [1.807, 2.05) is 20.8 Å². The van der Waals surface area contributed by atoms with Crippen LogP contribution >= 0.6 is 15.9 Å². The van der Waals surface area contributed by atoms with Crippen molar-refractivity contribution in [2.24, 2.45) is 0 Å². The lowest BCUT2D eigenvalue weighted by Gasteiger charge is -2.22. The minimum Gasteiger partial charge on any atom is -0.486 e. The summed E-state index contributed by atoms with van der Waals surface area (Å²) in [4.78, 5) is 11.7. The van der Waals surface area contributed by atoms with Gasteiger partial charge in [0.25, 0.3) is 0 Å². The summed E-state index contributed by atoms with van der Waals surface area (Å²) in [5, 5.41) is 2.66. The third kappa shape index (κ3) is 3.76. The van der Waals surface area contributed by atoms with Crippen LogP contribution in [0.1, 0.15) is 20.8 Å². The average Bonchev–Trinajstić information content (AvgIpc) is 2.26. The van der Waals surface area contributed by atoms with E-state index in [9.17, 15) is 4.79 Å². The molecule has 1 N–H and O–H groups in total. The molecule has 1 aromatic carbocycles. The van der Waals surface area contributed by atoms with Crippen LogP contribution in [-0.2, 0) is 4.74 Å². The molecule has 1 aliphatic rings. The van der Waals surface area contributed by atoms with E-state index in [2.05, 4.69) is 21.2 Å². The second-order valence-corrected chi connectivity index (χ2v) is 5.96. The highest BCUT2D eigenvalue weighted by atomic mass is 79.9. The first-order chi connectivity index (χ1) is 8.85. The van der Waals surface area contributed by atoms with Gasteiger partial charge in [0.15, 0.2) is 11.5 Å². The van der Waals surface area contributed by atoms with Gasteiger partial charge < -0.3 is 14.2 Å². The Hall–Kier alpha value is -1.43. The molecule has 5 nitrogen and oxygen atoms in total. The lowest BCUT2D eigenvalue weighted by molar-refractivity contribution is 0.0636. The maximum Gasteiger partial charge on any atom is 0.412 e. The lowest BCUT2D eigenvalue weighted by atomic mass is 10.2. The van der Waals surface area contributed by atoms with Crippen molar-refractivity contribution in [3.63, 3.8) is 0 Å². The van der Waals surface area contributed by atoms with Crippen LogP contribution in [0.25, 0.3) is 0 Å². The highest BCUT2D eigenvalue weighted by Crippen LogP contribution is 2.40. The molecule has 1 heterocycles. The lowest BCUT2D eigenvalue weighted by Crippen LogP contribution is -2.27. The number of halogens is 1. The normalized spacial score (nSPS) is 13.9. The van der Waals surface area contributed by atoms with Crippen LogP contribution < -0.4 is 14.8 Å². The van der Waals surface area contributed by atoms with Crippen molar-refractivity contribution < 1.29 is 19.0 Å². The van der Waals surface area contributed by atoms with Gasteiger partial charge in [0.05, 0.1) is 4.47 Å². The van der Waals surface area contributed by atoms with Crippen molar-refractivity contribution in [2.75, 3.05) is 18.5 Å². The van der Waals surface area contributed by atoms with Crippen LogP contribution in [0.15, 0.2) is 16.6 Å². The van der Waals surface area contributed by atoms with E-state index in [1.54, 1.807) is 12.1 Å². The first-order valence-corrected chi connectivity index (χ1v) is 6.73. The van der Waals surface area contributed by atoms with Crippen LogP contribution in [0, 0.1) is 0 Å². The standard InChI is InChI=1S/C13H16BrNO4/c1-13(2,3)19-12(16)15-8-6-9(14)11-10(7-8)17-4-5-18-11/h6-7H,4-5H2,1-3H3,(H,15,16). The van der Waals surface area contributed by atoms with E-state index in [0.717, 1.165) is 4.47 Å². The summed E-state index contributed by atoms with van der Waals surface area (Å²) >= 11 is 3.39. The first kappa shape index (κ1) is 14.0. The summed E-state index contributed by atoms with van der Waals surface area (Å²) < 4.78 is 16.9. The van der Waals surface area contributed by atoms with Crippen molar-refractivity contribution in [3.8, 4) is 11.5 Å². The summed E-state index contributed by atoms with van der Waals surface area (Å²) in [6, 6.07) is 3.46. The Balaban J connectivity index is 2.13. The van der Waals surface area contributed by atoms with Crippen LogP contribution in [0.3, 0.4) is 0 Å². The van der Waals surface area contributed by atoms with Crippen molar-refractivity contribution >= 4 is 27.7 Å². The zero-order valence-electron chi connectivity index (χ0n) is 11.1. The highest BCUT2D eigenvalue weighted by molar-refractivity contribution is 9.10. The van der Waals surface area contributed by atoms with E-state index >= 15 is 0 Å². The minimum atomic E-state index is -0.533. The van der Waals surface area contributed by atoms with Gasteiger partial charge in [-0.2, -0.15) is 0 Å². The number of ether oxygens (including phenoxy) is 3. The third-order valence-corrected chi connectivity index (χ3v) is 2.83. The Kier molecular flexibility index (Phi) is 3.89. The Morgan fingerprint density at radius 2 is 2.00 bits per heavy atom. The molecule has 1 aromatic rings. The zero-order chi connectivity index (χ0) is 14.0. The van der Waals surface area contributed by atoms with Gasteiger partial charge in [0.1, 0.15) is 18.8 Å². The maximum atomic E-state index is 11.7. The van der Waals surface area contributed by atoms with Gasteiger partial charge in [-0.1, -0.05) is 0 Å². The van der Waals surface area contributed by atoms with Crippen molar-refractivity contribution in [1.82, 2.24) is 0 Å². The molecule has 2 rings (SSSR count). The highest BCUT2D eigenvalue weighted by Gasteiger charge is 2.19. The Bertz CT molecular complexity index is 496. The number of hydrogen-bond donors (Lipinski definition) is 1. The topological polar surface area (TPSA) is 56.8 Å². The molecular weight excluding hydrogens is 314 g/mol. The van der Waals surface area contributed by atoms with Crippen LogP contribution in [0.2, 0.25) is 0 Å². The molecule has 0 radical (unpaired) electrons. The number of fused-ring (bicyclic) bond motifs is 1. The number of rotatable bonds is 1. The number of carbonyl (C=O) groups excluding carboxylic acids is 1. The molecule has 1 aliphatic heterocycles. The number of hydrogen-bond acceptors (Lipinski definition) is 4. The Morgan fingerprint density at radius 3 is 2.68 bits per heavy atom. The van der Waals surface area contributed by atoms with Gasteiger partial charge in [-0.25, -0.2) is 4.79 Å². The molecule has 0 saturated heterocycles. The van der Waals surface area contributed by atoms with Crippen LogP contribution in [0.5, 0.6) is 11.5 Å². The van der Waals surface area contributed by atoms with E-state index in [4.69, 9.17) is 14.2 Å². The van der Waals surface area contributed by atoms with Crippen molar-refractivity contribution in [3.05, 3.63) is 16.6 Å². The monoisotopic (exact) mass is 329 g/mol. The molecule has 104 valence electrons. The van der Waals surface area contributed by atoms with E-state index < -0.39 is 11.7 Å². The SMILES string of the molecule is CC(C)(C)OC(=O)Nc1cc(Br)c2c(c1)OCCO2. The smallest absolute Gasteiger partial charge is 0.412 e. The molecule has 0 saturated carbocycles. The van der Waals surface area contributed by atoms with Crippen LogP contribution in [-0.4, -0.2) is 24.9 Å². The molecule has 1 amide bonds. The number of benzene rings is 1. The summed E-state index contributed by atoms with van der Waals surface area (Å²) in [5.74, 6) is 1.26. The summed E-state index contributed by atoms with van der Waals surface area (Å²) in [5.41, 5.74) is 0.0557. The van der Waals surface area contributed by atoms with Gasteiger partial charge in [0, 0.05) is 11.8 Å². The van der Waals surface area contributed by atoms with Gasteiger partial charge in [-0.05, 0) is 42.8 Å². The van der Waals surface area contributed by atoms with Crippen LogP contribution in [0.4, 0.5) is 10.5 Å². The Labute approximate surface area is 120 Å². The zero-order valence-corrected chi connectivity index (χ0v) is 12.7. The summed E-state index contributed by atoms with van der Waals surface area (Å²) in [7, 11) is 0. The molecule has 19 heavy (non-hydrogen) atoms. The average molecular weight is 330 g/mol. The predicted molar refractivity (Wildman–Crippen MR) is 75.0 cm³/mol. The number of carbonyl (C=O) groups is 1. The molecular formula is C13H16BrNO4. The largest absolute Gasteiger partial charge is 0.486 e. The van der Waals surface area contributed by atoms with Gasteiger partial charge >= 0.3 is 6.09 Å². The maximum absolute atomic E-state index is 11.7. The fourth-order valence-electron chi connectivity index (χ4n) is 1.60. The fourth-order valence-corrected chi connectivity index (χ4v) is 2.16. The van der Waals surface area contributed by atoms with E-state index in [1.165, 1.54) is 0 Å². The molecule has 6 heteroatoms. The van der Waals surface area contributed by atoms with E-state index in [0.29, 0.717) is 30.4 Å². The molecule has 0 atom stereocenters. The second-order valence-electron chi connectivity index (χ2n) is 5.11. The molecule has 0 unspecified atom stereocenters. The van der Waals surface area contributed by atoms with Gasteiger partial charge in [-0.3, -0.25) is 5.32 Å². The molecule has 0 aromatic heterocycles. The fraction of sp³-hybridized carbons (Fsp3) is 0.462. The number of nitrogens with one attached hydrogen (secondary N) is 1. The quantitative estimate of drug-likeness (QED) is 0.855. The third-order valence-electron chi connectivity index (χ3n) is 2.24. The van der Waals surface area contributed by atoms with Gasteiger partial charge in [0.2, 0.25) is 0 Å². The number of anilines is 1. The van der Waals surface area contributed by atoms with Crippen molar-refractivity contribution in [1.29, 1.82) is 0 Å². The minimum absolute atomic E-state index is 0.495. The molecule has 0 spiro atoms. The van der Waals surface area contributed by atoms with Gasteiger partial charge in [-0.15, -0.1) is 0 Å². The first-order valence-electron chi connectivity index (χ1n) is 5.94.